The lowest BCUT2D eigenvalue weighted by Gasteiger charge is -2.25. The Kier molecular flexibility index (Phi) is 8.65. The van der Waals surface area contributed by atoms with Crippen LogP contribution in [-0.2, 0) is 4.79 Å². The molecule has 8 nitrogen and oxygen atoms in total. The van der Waals surface area contributed by atoms with Crippen LogP contribution in [0, 0.1) is 11.3 Å². The van der Waals surface area contributed by atoms with Crippen LogP contribution >= 0.6 is 0 Å². The average Bonchev–Trinajstić information content (AvgIpc) is 3.35. The maximum absolute atomic E-state index is 12.6. The zero-order valence-electron chi connectivity index (χ0n) is 18.9. The summed E-state index contributed by atoms with van der Waals surface area (Å²) in [7, 11) is 0. The number of nitrogens with one attached hydrogen (secondary N) is 3. The van der Waals surface area contributed by atoms with Crippen LogP contribution in [0.2, 0.25) is 0 Å². The van der Waals surface area contributed by atoms with Crippen molar-refractivity contribution in [2.75, 3.05) is 18.4 Å². The summed E-state index contributed by atoms with van der Waals surface area (Å²) in [5.41, 5.74) is 3.34. The largest absolute Gasteiger partial charge is 0.475 e. The van der Waals surface area contributed by atoms with E-state index in [-0.39, 0.29) is 17.2 Å². The monoisotopic (exact) mass is 489 g/mol. The van der Waals surface area contributed by atoms with Gasteiger partial charge in [0.1, 0.15) is 11.8 Å². The van der Waals surface area contributed by atoms with Crippen molar-refractivity contribution in [3.8, 4) is 6.07 Å². The second kappa shape index (κ2) is 11.7. The van der Waals surface area contributed by atoms with Gasteiger partial charge in [0.2, 0.25) is 5.82 Å². The molecule has 35 heavy (non-hydrogen) atoms. The van der Waals surface area contributed by atoms with Crippen molar-refractivity contribution in [3.63, 3.8) is 0 Å². The number of aromatic nitrogens is 2. The minimum absolute atomic E-state index is 0.150. The fourth-order valence-corrected chi connectivity index (χ4v) is 4.11. The Morgan fingerprint density at radius 3 is 2.49 bits per heavy atom. The van der Waals surface area contributed by atoms with Gasteiger partial charge in [-0.3, -0.25) is 4.79 Å². The number of H-pyrrole nitrogens is 1. The molecule has 0 saturated carbocycles. The zero-order chi connectivity index (χ0) is 25.4. The molecule has 186 valence electrons. The van der Waals surface area contributed by atoms with E-state index in [2.05, 4.69) is 26.7 Å². The number of aromatic carboxylic acids is 1. The van der Waals surface area contributed by atoms with Crippen molar-refractivity contribution in [3.05, 3.63) is 53.1 Å². The zero-order valence-corrected chi connectivity index (χ0v) is 18.9. The first-order valence-electron chi connectivity index (χ1n) is 11.3. The lowest BCUT2D eigenvalue weighted by atomic mass is 9.86. The maximum atomic E-state index is 12.6. The number of carboxylic acids is 1. The van der Waals surface area contributed by atoms with Crippen LogP contribution < -0.4 is 10.6 Å². The number of piperidine rings is 1. The number of hydrogen-bond acceptors (Lipinski definition) is 5. The van der Waals surface area contributed by atoms with Gasteiger partial charge in [0.05, 0.1) is 6.20 Å². The Balaban J connectivity index is 0.000000287. The summed E-state index contributed by atoms with van der Waals surface area (Å²) in [5.74, 6) is -2.88. The Hall–Kier alpha value is -3.65. The van der Waals surface area contributed by atoms with E-state index in [1.54, 1.807) is 12.1 Å². The van der Waals surface area contributed by atoms with E-state index in [0.29, 0.717) is 5.92 Å². The molecule has 4 rings (SSSR count). The Morgan fingerprint density at radius 1 is 1.20 bits per heavy atom. The lowest BCUT2D eigenvalue weighted by molar-refractivity contribution is -0.167. The number of nitrogens with zero attached hydrogens (tertiary/aromatic N) is 2. The van der Waals surface area contributed by atoms with E-state index in [9.17, 15) is 22.8 Å². The predicted molar refractivity (Wildman–Crippen MR) is 123 cm³/mol. The molecule has 2 heterocycles. The molecule has 0 spiro atoms. The fourth-order valence-electron chi connectivity index (χ4n) is 4.11. The number of benzene rings is 1. The van der Waals surface area contributed by atoms with Gasteiger partial charge < -0.3 is 20.7 Å². The molecular weight excluding hydrogens is 463 g/mol. The smallest absolute Gasteiger partial charge is 0.471 e. The highest BCUT2D eigenvalue weighted by molar-refractivity contribution is 5.97. The summed E-state index contributed by atoms with van der Waals surface area (Å²) >= 11 is 0. The molecule has 0 unspecified atom stereocenters. The Morgan fingerprint density at radius 2 is 1.94 bits per heavy atom. The van der Waals surface area contributed by atoms with Gasteiger partial charge in [-0.1, -0.05) is 12.1 Å². The van der Waals surface area contributed by atoms with Crippen LogP contribution in [-0.4, -0.2) is 46.2 Å². The number of carboxylic acid groups (broad SMARTS) is 1. The number of nitriles is 1. The van der Waals surface area contributed by atoms with Crippen LogP contribution in [0.4, 0.5) is 18.9 Å². The molecule has 2 aliphatic rings. The number of rotatable bonds is 4. The quantitative estimate of drug-likeness (QED) is 0.497. The minimum Gasteiger partial charge on any atom is -0.475 e. The summed E-state index contributed by atoms with van der Waals surface area (Å²) < 4.78 is 37.9. The molecule has 1 aromatic heterocycles. The van der Waals surface area contributed by atoms with Crippen molar-refractivity contribution < 1.29 is 27.9 Å². The number of carbonyl (C=O) groups is 2. The van der Waals surface area contributed by atoms with Crippen molar-refractivity contribution in [2.45, 2.75) is 50.6 Å². The Bertz CT molecular complexity index is 1130. The molecule has 11 heteroatoms. The summed E-state index contributed by atoms with van der Waals surface area (Å²) in [5, 5.41) is 21.9. The average molecular weight is 489 g/mol. The normalized spacial score (nSPS) is 16.3. The predicted octanol–water partition coefficient (Wildman–Crippen LogP) is 4.59. The summed E-state index contributed by atoms with van der Waals surface area (Å²) in [6.45, 7) is 1.91. The van der Waals surface area contributed by atoms with Crippen molar-refractivity contribution in [2.24, 2.45) is 0 Å². The summed E-state index contributed by atoms with van der Waals surface area (Å²) in [4.78, 5) is 27.2. The van der Waals surface area contributed by atoms with Crippen LogP contribution in [0.5, 0.6) is 0 Å². The number of aromatic amines is 1. The van der Waals surface area contributed by atoms with Gasteiger partial charge in [-0.25, -0.2) is 9.78 Å². The number of anilines is 1. The van der Waals surface area contributed by atoms with E-state index in [0.717, 1.165) is 68.3 Å². The topological polar surface area (TPSA) is 131 Å². The molecule has 1 aromatic carbocycles. The molecule has 2 aromatic rings. The van der Waals surface area contributed by atoms with E-state index >= 15 is 0 Å². The molecular formula is C24H26F3N5O3. The number of hydrogen-bond donors (Lipinski definition) is 4. The third-order valence-electron chi connectivity index (χ3n) is 5.90. The Labute approximate surface area is 200 Å². The minimum atomic E-state index is -4.88. The van der Waals surface area contributed by atoms with Gasteiger partial charge in [-0.15, -0.1) is 0 Å². The molecule has 1 aliphatic carbocycles. The number of carbonyl (C=O) groups excluding carboxylic acids is 1. The number of imidazole rings is 1. The van der Waals surface area contributed by atoms with Gasteiger partial charge >= 0.3 is 18.1 Å². The number of allylic oxidation sites excluding steroid dienone is 2. The summed E-state index contributed by atoms with van der Waals surface area (Å²) in [6, 6.07) is 7.19. The standard InChI is InChI=1S/C19H23F3N2O.C5H3N3O2/c20-19(21,22)18(25)24-17-7-6-15(13-8-10-23-11-9-13)12-16(17)14-4-2-1-3-5-14;6-1-3-2-7-4(8-3)5(9)10/h4,6-7,12-13,23H,1-3,5,8-11H2,(H,24,25);2H,(H,7,8)(H,9,10). The highest BCUT2D eigenvalue weighted by Crippen LogP contribution is 2.36. The first-order valence-corrected chi connectivity index (χ1v) is 11.3. The van der Waals surface area contributed by atoms with Crippen molar-refractivity contribution in [1.29, 1.82) is 5.26 Å². The highest BCUT2D eigenvalue weighted by Gasteiger charge is 2.39. The van der Waals surface area contributed by atoms with Gasteiger partial charge in [0.25, 0.3) is 0 Å². The lowest BCUT2D eigenvalue weighted by Crippen LogP contribution is -2.30. The number of alkyl halides is 3. The molecule has 4 N–H and O–H groups in total. The maximum Gasteiger partial charge on any atom is 0.471 e. The van der Waals surface area contributed by atoms with E-state index < -0.39 is 18.1 Å². The van der Waals surface area contributed by atoms with E-state index in [1.165, 1.54) is 6.20 Å². The van der Waals surface area contributed by atoms with Crippen molar-refractivity contribution >= 4 is 23.1 Å². The van der Waals surface area contributed by atoms with Crippen LogP contribution in [0.15, 0.2) is 30.5 Å². The molecule has 1 aliphatic heterocycles. The first kappa shape index (κ1) is 26.0. The number of halogens is 3. The van der Waals surface area contributed by atoms with Crippen LogP contribution in [0.1, 0.15) is 71.9 Å². The van der Waals surface area contributed by atoms with E-state index in [4.69, 9.17) is 10.4 Å². The first-order chi connectivity index (χ1) is 16.7. The van der Waals surface area contributed by atoms with Crippen LogP contribution in [0.25, 0.3) is 5.57 Å². The van der Waals surface area contributed by atoms with Gasteiger partial charge in [-0.05, 0) is 80.8 Å². The number of amides is 1. The molecule has 1 fully saturated rings. The van der Waals surface area contributed by atoms with Crippen molar-refractivity contribution in [1.82, 2.24) is 15.3 Å². The molecule has 1 saturated heterocycles. The molecule has 0 radical (unpaired) electrons. The second-order valence-corrected chi connectivity index (χ2v) is 8.32. The van der Waals surface area contributed by atoms with Gasteiger partial charge in [0, 0.05) is 11.3 Å². The van der Waals surface area contributed by atoms with Gasteiger partial charge in [-0.2, -0.15) is 18.4 Å². The SMILES string of the molecule is N#Cc1cnc(C(=O)O)[nH]1.O=C(Nc1ccc(C2CCNCC2)cc1C1=CCCCC1)C(F)(F)F. The fraction of sp³-hybridized carbons (Fsp3) is 0.417. The third-order valence-corrected chi connectivity index (χ3v) is 5.90. The van der Waals surface area contributed by atoms with Gasteiger partial charge in [0.15, 0.2) is 0 Å². The van der Waals surface area contributed by atoms with Crippen LogP contribution in [0.3, 0.4) is 0 Å². The second-order valence-electron chi connectivity index (χ2n) is 8.32. The highest BCUT2D eigenvalue weighted by atomic mass is 19.4. The molecule has 0 atom stereocenters. The molecule has 0 bridgehead atoms. The summed E-state index contributed by atoms with van der Waals surface area (Å²) in [6.07, 6.45) is 4.31. The molecule has 1 amide bonds. The van der Waals surface area contributed by atoms with E-state index in [1.807, 2.05) is 12.1 Å². The third kappa shape index (κ3) is 7.16.